The predicted molar refractivity (Wildman–Crippen MR) is 108 cm³/mol. The minimum atomic E-state index is 0.534. The van der Waals surface area contributed by atoms with Crippen molar-refractivity contribution in [1.29, 1.82) is 0 Å². The van der Waals surface area contributed by atoms with Crippen LogP contribution in [0, 0.1) is 5.41 Å². The molecule has 0 aromatic carbocycles. The van der Waals surface area contributed by atoms with Gasteiger partial charge in [0, 0.05) is 31.1 Å². The highest BCUT2D eigenvalue weighted by atomic mass is 33.1. The first-order chi connectivity index (χ1) is 10.6. The summed E-state index contributed by atoms with van der Waals surface area (Å²) in [6, 6.07) is 0. The Kier molecular flexibility index (Phi) is 20.3. The summed E-state index contributed by atoms with van der Waals surface area (Å²) >= 11 is 0. The summed E-state index contributed by atoms with van der Waals surface area (Å²) in [5.74, 6) is 2.54. The van der Waals surface area contributed by atoms with Gasteiger partial charge >= 0.3 is 0 Å². The molecule has 1 saturated heterocycles. The normalized spacial score (nSPS) is 15.4. The van der Waals surface area contributed by atoms with Gasteiger partial charge in [0.15, 0.2) is 0 Å². The van der Waals surface area contributed by atoms with Crippen molar-refractivity contribution >= 4 is 21.6 Å². The second-order valence-corrected chi connectivity index (χ2v) is 8.46. The summed E-state index contributed by atoms with van der Waals surface area (Å²) in [6.07, 6.45) is 4.00. The van der Waals surface area contributed by atoms with Crippen molar-refractivity contribution in [3.05, 3.63) is 0 Å². The maximum Gasteiger partial charge on any atom is 0.0594 e. The largest absolute Gasteiger partial charge is 0.379 e. The van der Waals surface area contributed by atoms with Gasteiger partial charge in [0.25, 0.3) is 0 Å². The van der Waals surface area contributed by atoms with E-state index in [0.717, 1.165) is 26.3 Å². The van der Waals surface area contributed by atoms with Crippen LogP contribution in [0.4, 0.5) is 0 Å². The zero-order valence-electron chi connectivity index (χ0n) is 16.2. The van der Waals surface area contributed by atoms with Crippen LogP contribution < -0.4 is 0 Å². The van der Waals surface area contributed by atoms with Gasteiger partial charge in [-0.05, 0) is 18.3 Å². The molecule has 4 heteroatoms. The molecule has 0 saturated carbocycles. The molecular weight excluding hydrogens is 310 g/mol. The van der Waals surface area contributed by atoms with Gasteiger partial charge in [-0.25, -0.2) is 0 Å². The van der Waals surface area contributed by atoms with E-state index in [1.54, 1.807) is 0 Å². The molecule has 0 amide bonds. The van der Waals surface area contributed by atoms with E-state index in [2.05, 4.69) is 36.5 Å². The minimum Gasteiger partial charge on any atom is -0.379 e. The van der Waals surface area contributed by atoms with Gasteiger partial charge in [0.2, 0.25) is 0 Å². The number of nitrogens with zero attached hydrogens (tertiary/aromatic N) is 1. The van der Waals surface area contributed by atoms with E-state index >= 15 is 0 Å². The van der Waals surface area contributed by atoms with Gasteiger partial charge < -0.3 is 4.74 Å². The van der Waals surface area contributed by atoms with Gasteiger partial charge in [-0.1, -0.05) is 76.5 Å². The molecule has 0 atom stereocenters. The average Bonchev–Trinajstić information content (AvgIpc) is 2.55. The number of ether oxygens (including phenoxy) is 1. The maximum atomic E-state index is 5.35. The van der Waals surface area contributed by atoms with Gasteiger partial charge in [0.1, 0.15) is 0 Å². The highest BCUT2D eigenvalue weighted by molar-refractivity contribution is 8.76. The molecule has 1 rings (SSSR count). The summed E-state index contributed by atoms with van der Waals surface area (Å²) in [5.41, 5.74) is 0.534. The molecule has 0 unspecified atom stereocenters. The van der Waals surface area contributed by atoms with Crippen LogP contribution in [0.5, 0.6) is 0 Å². The van der Waals surface area contributed by atoms with E-state index in [1.807, 2.05) is 38.5 Å². The molecule has 22 heavy (non-hydrogen) atoms. The lowest BCUT2D eigenvalue weighted by molar-refractivity contribution is 0.0410. The van der Waals surface area contributed by atoms with Crippen molar-refractivity contribution in [2.24, 2.45) is 5.41 Å². The van der Waals surface area contributed by atoms with Crippen LogP contribution in [0.3, 0.4) is 0 Å². The van der Waals surface area contributed by atoms with E-state index in [0.29, 0.717) is 5.41 Å². The van der Waals surface area contributed by atoms with E-state index in [1.165, 1.54) is 37.3 Å². The number of hydrogen-bond donors (Lipinski definition) is 0. The van der Waals surface area contributed by atoms with Gasteiger partial charge in [-0.2, -0.15) is 0 Å². The molecule has 0 spiro atoms. The van der Waals surface area contributed by atoms with E-state index in [9.17, 15) is 0 Å². The zero-order valence-corrected chi connectivity index (χ0v) is 17.9. The molecule has 0 radical (unpaired) electrons. The van der Waals surface area contributed by atoms with Crippen molar-refractivity contribution in [3.63, 3.8) is 0 Å². The number of morpholine rings is 1. The molecule has 1 heterocycles. The smallest absolute Gasteiger partial charge is 0.0594 e. The van der Waals surface area contributed by atoms with E-state index < -0.39 is 0 Å². The molecule has 136 valence electrons. The van der Waals surface area contributed by atoms with Crippen LogP contribution in [0.2, 0.25) is 0 Å². The Balaban J connectivity index is 0. The first-order valence-corrected chi connectivity index (χ1v) is 11.7. The lowest BCUT2D eigenvalue weighted by Gasteiger charge is -2.26. The third kappa shape index (κ3) is 15.5. The summed E-state index contributed by atoms with van der Waals surface area (Å²) < 4.78 is 5.35. The van der Waals surface area contributed by atoms with Crippen molar-refractivity contribution < 1.29 is 4.74 Å². The zero-order chi connectivity index (χ0) is 17.3. The van der Waals surface area contributed by atoms with Gasteiger partial charge in [-0.15, -0.1) is 0 Å². The lowest BCUT2D eigenvalue weighted by Crippen LogP contribution is -2.37. The van der Waals surface area contributed by atoms with Crippen molar-refractivity contribution in [2.75, 3.05) is 44.4 Å². The second kappa shape index (κ2) is 18.0. The Morgan fingerprint density at radius 3 is 2.00 bits per heavy atom. The molecule has 2 nitrogen and oxygen atoms in total. The quantitative estimate of drug-likeness (QED) is 0.374. The number of rotatable bonds is 9. The Labute approximate surface area is 148 Å². The summed E-state index contributed by atoms with van der Waals surface area (Å²) in [4.78, 5) is 2.51. The Hall–Kier alpha value is 0.620. The van der Waals surface area contributed by atoms with Crippen molar-refractivity contribution in [3.8, 4) is 0 Å². The van der Waals surface area contributed by atoms with Crippen LogP contribution in [0.15, 0.2) is 0 Å². The number of hydrogen-bond acceptors (Lipinski definition) is 4. The molecule has 1 fully saturated rings. The van der Waals surface area contributed by atoms with Crippen molar-refractivity contribution in [2.45, 2.75) is 67.7 Å². The predicted octanol–water partition coefficient (Wildman–Crippen LogP) is 5.97. The van der Waals surface area contributed by atoms with Gasteiger partial charge in [-0.3, -0.25) is 4.90 Å². The van der Waals surface area contributed by atoms with Crippen LogP contribution in [0.1, 0.15) is 67.7 Å². The molecule has 0 aliphatic carbocycles. The molecule has 0 N–H and O–H groups in total. The summed E-state index contributed by atoms with van der Waals surface area (Å²) in [5, 5.41) is 0. The fourth-order valence-electron chi connectivity index (χ4n) is 2.23. The SMILES string of the molecule is CC.CC.CCCC(C)(C)CCSSCCN1CCOCC1. The standard InChI is InChI=1S/C14H29NOS2.2C2H6/c1-4-5-14(2,3)6-12-17-18-13-9-15-7-10-16-11-8-15;2*1-2/h4-13H2,1-3H3;2*1-2H3. The first kappa shape index (κ1) is 24.9. The van der Waals surface area contributed by atoms with Crippen molar-refractivity contribution in [1.82, 2.24) is 4.90 Å². The first-order valence-electron chi connectivity index (χ1n) is 9.18. The molecule has 0 aromatic rings. The Morgan fingerprint density at radius 1 is 0.909 bits per heavy atom. The Bertz CT molecular complexity index is 207. The highest BCUT2D eigenvalue weighted by Crippen LogP contribution is 2.31. The molecule has 1 aliphatic rings. The molecule has 0 aromatic heterocycles. The third-order valence-electron chi connectivity index (χ3n) is 3.47. The lowest BCUT2D eigenvalue weighted by atomic mass is 9.85. The maximum absolute atomic E-state index is 5.35. The average molecular weight is 352 g/mol. The highest BCUT2D eigenvalue weighted by Gasteiger charge is 2.16. The van der Waals surface area contributed by atoms with E-state index in [4.69, 9.17) is 4.74 Å². The molecular formula is C18H41NOS2. The van der Waals surface area contributed by atoms with Crippen LogP contribution in [-0.4, -0.2) is 49.3 Å². The second-order valence-electron chi connectivity index (χ2n) is 5.76. The van der Waals surface area contributed by atoms with Crippen LogP contribution in [-0.2, 0) is 4.74 Å². The van der Waals surface area contributed by atoms with E-state index in [-0.39, 0.29) is 0 Å². The summed E-state index contributed by atoms with van der Waals surface area (Å²) in [7, 11) is 4.09. The summed E-state index contributed by atoms with van der Waals surface area (Å²) in [6.45, 7) is 20.4. The minimum absolute atomic E-state index is 0.534. The topological polar surface area (TPSA) is 12.5 Å². The fraction of sp³-hybridized carbons (Fsp3) is 1.00. The van der Waals surface area contributed by atoms with Crippen LogP contribution in [0.25, 0.3) is 0 Å². The van der Waals surface area contributed by atoms with Gasteiger partial charge in [0.05, 0.1) is 13.2 Å². The Morgan fingerprint density at radius 2 is 1.45 bits per heavy atom. The fourth-order valence-corrected chi connectivity index (χ4v) is 4.61. The monoisotopic (exact) mass is 351 g/mol. The molecule has 0 bridgehead atoms. The third-order valence-corrected chi connectivity index (χ3v) is 5.85. The molecule has 1 aliphatic heterocycles. The van der Waals surface area contributed by atoms with Crippen LogP contribution >= 0.6 is 21.6 Å².